The number of nitrogens with two attached hydrogens (primary N) is 1. The topological polar surface area (TPSA) is 97.4 Å². The highest BCUT2D eigenvalue weighted by atomic mass is 15.3. The molecule has 6 heterocycles. The molecule has 0 radical (unpaired) electrons. The fraction of sp³-hybridized carbons (Fsp3) is 0.292. The van der Waals surface area contributed by atoms with Crippen molar-refractivity contribution in [2.24, 2.45) is 0 Å². The maximum atomic E-state index is 5.96. The van der Waals surface area contributed by atoms with Crippen LogP contribution in [0.1, 0.15) is 35.2 Å². The summed E-state index contributed by atoms with van der Waals surface area (Å²) in [7, 11) is 0. The molecule has 0 amide bonds. The van der Waals surface area contributed by atoms with Crippen molar-refractivity contribution in [1.82, 2.24) is 30.0 Å². The molecule has 0 aliphatic carbocycles. The number of nitrogens with zero attached hydrogens (tertiary/aromatic N) is 4. The molecule has 1 saturated heterocycles. The molecule has 4 aromatic heterocycles. The van der Waals surface area contributed by atoms with Crippen molar-refractivity contribution in [1.29, 1.82) is 0 Å². The lowest BCUT2D eigenvalue weighted by atomic mass is 9.82. The van der Waals surface area contributed by atoms with Gasteiger partial charge in [-0.15, -0.1) is 0 Å². The average molecular weight is 409 g/mol. The number of nitrogen functional groups attached to an aromatic ring is 1. The smallest absolute Gasteiger partial charge is 0.138 e. The van der Waals surface area contributed by atoms with Crippen molar-refractivity contribution in [2.75, 3.05) is 18.8 Å². The van der Waals surface area contributed by atoms with E-state index in [2.05, 4.69) is 48.9 Å². The summed E-state index contributed by atoms with van der Waals surface area (Å²) in [5.41, 5.74) is 13.7. The highest BCUT2D eigenvalue weighted by molar-refractivity contribution is 5.87. The monoisotopic (exact) mass is 409 g/mol. The van der Waals surface area contributed by atoms with Crippen molar-refractivity contribution in [3.05, 3.63) is 59.3 Å². The summed E-state index contributed by atoms with van der Waals surface area (Å²) < 4.78 is 2.18. The summed E-state index contributed by atoms with van der Waals surface area (Å²) in [6.45, 7) is 5.08. The number of hydrogen-bond donors (Lipinski definition) is 3. The summed E-state index contributed by atoms with van der Waals surface area (Å²) in [6.07, 6.45) is 9.55. The number of pyridine rings is 2. The van der Waals surface area contributed by atoms with Gasteiger partial charge in [0.2, 0.25) is 0 Å². The summed E-state index contributed by atoms with van der Waals surface area (Å²) in [5, 5.41) is 9.41. The van der Waals surface area contributed by atoms with Crippen LogP contribution in [0.25, 0.3) is 22.3 Å². The van der Waals surface area contributed by atoms with E-state index in [0.29, 0.717) is 5.69 Å². The molecule has 1 fully saturated rings. The minimum Gasteiger partial charge on any atom is -0.397 e. The molecule has 1 unspecified atom stereocenters. The molecule has 1 spiro atoms. The Hall–Kier alpha value is -3.63. The van der Waals surface area contributed by atoms with Crippen LogP contribution in [0.3, 0.4) is 0 Å². The quantitative estimate of drug-likeness (QED) is 0.420. The van der Waals surface area contributed by atoms with Gasteiger partial charge < -0.3 is 16.0 Å². The van der Waals surface area contributed by atoms with Crippen LogP contribution < -0.4 is 11.1 Å². The van der Waals surface area contributed by atoms with Crippen LogP contribution in [0, 0.1) is 18.8 Å². The molecule has 0 aromatic carbocycles. The first-order chi connectivity index (χ1) is 15.1. The number of aryl methyl sites for hydroxylation is 1. The standard InChI is InChI=1S/C24H23N7/c1-15-16(10-27-13-20(15)25)2-3-17-11-28-23-19(17)8-18(12-29-23)21-9-22-24(4-6-26-14-24)5-7-31(22)30-21/h8-13,26H,4-7,14,25H2,1H3,(H,28,29). The Morgan fingerprint density at radius 1 is 1.13 bits per heavy atom. The number of aromatic amines is 1. The molecule has 154 valence electrons. The van der Waals surface area contributed by atoms with Gasteiger partial charge in [-0.2, -0.15) is 5.10 Å². The molecule has 4 aromatic rings. The molecule has 2 aliphatic heterocycles. The van der Waals surface area contributed by atoms with E-state index in [1.807, 2.05) is 19.3 Å². The van der Waals surface area contributed by atoms with Crippen molar-refractivity contribution in [2.45, 2.75) is 31.7 Å². The lowest BCUT2D eigenvalue weighted by Crippen LogP contribution is -2.25. The summed E-state index contributed by atoms with van der Waals surface area (Å²) in [4.78, 5) is 12.0. The Labute approximate surface area is 180 Å². The second-order valence-electron chi connectivity index (χ2n) is 8.57. The van der Waals surface area contributed by atoms with Gasteiger partial charge in [-0.05, 0) is 44.0 Å². The third-order valence-corrected chi connectivity index (χ3v) is 6.78. The predicted octanol–water partition coefficient (Wildman–Crippen LogP) is 2.75. The van der Waals surface area contributed by atoms with Gasteiger partial charge in [-0.3, -0.25) is 9.67 Å². The molecule has 0 bridgehead atoms. The largest absolute Gasteiger partial charge is 0.397 e. The maximum absolute atomic E-state index is 5.96. The number of rotatable bonds is 1. The van der Waals surface area contributed by atoms with Crippen LogP contribution in [0.5, 0.6) is 0 Å². The average Bonchev–Trinajstić information content (AvgIpc) is 3.55. The van der Waals surface area contributed by atoms with E-state index in [1.54, 1.807) is 12.4 Å². The maximum Gasteiger partial charge on any atom is 0.138 e. The van der Waals surface area contributed by atoms with Gasteiger partial charge in [0, 0.05) is 59.3 Å². The normalized spacial score (nSPS) is 19.6. The summed E-state index contributed by atoms with van der Waals surface area (Å²) in [5.74, 6) is 6.46. The number of anilines is 1. The van der Waals surface area contributed by atoms with Crippen molar-refractivity contribution < 1.29 is 0 Å². The number of aromatic nitrogens is 5. The van der Waals surface area contributed by atoms with Gasteiger partial charge in [0.05, 0.1) is 23.1 Å². The molecule has 7 heteroatoms. The summed E-state index contributed by atoms with van der Waals surface area (Å²) in [6, 6.07) is 4.38. The molecule has 6 rings (SSSR count). The minimum absolute atomic E-state index is 0.247. The highest BCUT2D eigenvalue weighted by Gasteiger charge is 2.42. The van der Waals surface area contributed by atoms with Crippen molar-refractivity contribution in [3.8, 4) is 23.1 Å². The molecular formula is C24H23N7. The fourth-order valence-corrected chi connectivity index (χ4v) is 4.83. The van der Waals surface area contributed by atoms with Crippen LogP contribution >= 0.6 is 0 Å². The zero-order chi connectivity index (χ0) is 21.0. The molecule has 4 N–H and O–H groups in total. The van der Waals surface area contributed by atoms with E-state index < -0.39 is 0 Å². The first-order valence-electron chi connectivity index (χ1n) is 10.6. The van der Waals surface area contributed by atoms with Crippen LogP contribution in [0.4, 0.5) is 5.69 Å². The Bertz CT molecular complexity index is 1380. The van der Waals surface area contributed by atoms with Crippen LogP contribution in [0.2, 0.25) is 0 Å². The second-order valence-corrected chi connectivity index (χ2v) is 8.57. The predicted molar refractivity (Wildman–Crippen MR) is 120 cm³/mol. The molecular weight excluding hydrogens is 386 g/mol. The Morgan fingerprint density at radius 3 is 2.90 bits per heavy atom. The lowest BCUT2D eigenvalue weighted by molar-refractivity contribution is 0.467. The molecule has 0 saturated carbocycles. The van der Waals surface area contributed by atoms with Gasteiger partial charge in [0.15, 0.2) is 0 Å². The van der Waals surface area contributed by atoms with E-state index in [4.69, 9.17) is 10.8 Å². The third-order valence-electron chi connectivity index (χ3n) is 6.78. The van der Waals surface area contributed by atoms with E-state index in [9.17, 15) is 0 Å². The third kappa shape index (κ3) is 2.83. The van der Waals surface area contributed by atoms with Crippen LogP contribution in [0.15, 0.2) is 36.9 Å². The highest BCUT2D eigenvalue weighted by Crippen LogP contribution is 2.41. The summed E-state index contributed by atoms with van der Waals surface area (Å²) >= 11 is 0. The number of hydrogen-bond acceptors (Lipinski definition) is 5. The van der Waals surface area contributed by atoms with Gasteiger partial charge in [0.1, 0.15) is 5.65 Å². The fourth-order valence-electron chi connectivity index (χ4n) is 4.83. The second kappa shape index (κ2) is 6.69. The number of H-pyrrole nitrogens is 1. The lowest BCUT2D eigenvalue weighted by Gasteiger charge is -2.20. The van der Waals surface area contributed by atoms with Gasteiger partial charge in [-0.25, -0.2) is 4.98 Å². The first-order valence-corrected chi connectivity index (χ1v) is 10.6. The first kappa shape index (κ1) is 18.2. The molecule has 7 nitrogen and oxygen atoms in total. The van der Waals surface area contributed by atoms with E-state index >= 15 is 0 Å². The SMILES string of the molecule is Cc1c(N)cncc1C#Cc1c[nH]c2ncc(-c3cc4n(n3)CCC43CCNC3)cc12. The van der Waals surface area contributed by atoms with Crippen molar-refractivity contribution >= 4 is 16.7 Å². The van der Waals surface area contributed by atoms with E-state index in [1.165, 1.54) is 18.5 Å². The minimum atomic E-state index is 0.247. The van der Waals surface area contributed by atoms with E-state index in [-0.39, 0.29) is 5.41 Å². The van der Waals surface area contributed by atoms with Gasteiger partial charge >= 0.3 is 0 Å². The Morgan fingerprint density at radius 2 is 2.03 bits per heavy atom. The molecule has 1 atom stereocenters. The van der Waals surface area contributed by atoms with Gasteiger partial charge in [0.25, 0.3) is 0 Å². The van der Waals surface area contributed by atoms with Crippen LogP contribution in [-0.4, -0.2) is 37.8 Å². The number of nitrogens with one attached hydrogen (secondary N) is 2. The van der Waals surface area contributed by atoms with Crippen LogP contribution in [-0.2, 0) is 12.0 Å². The molecule has 2 aliphatic rings. The van der Waals surface area contributed by atoms with E-state index in [0.717, 1.165) is 58.6 Å². The molecule has 31 heavy (non-hydrogen) atoms. The Kier molecular flexibility index (Phi) is 3.92. The van der Waals surface area contributed by atoms with Gasteiger partial charge in [-0.1, -0.05) is 11.8 Å². The number of fused-ring (bicyclic) bond motifs is 3. The van der Waals surface area contributed by atoms with Crippen molar-refractivity contribution in [3.63, 3.8) is 0 Å². The Balaban J connectivity index is 1.39. The zero-order valence-corrected chi connectivity index (χ0v) is 17.4. The zero-order valence-electron chi connectivity index (χ0n) is 17.4.